The number of aromatic nitrogens is 2. The number of hydrogen-bond acceptors (Lipinski definition) is 5. The second kappa shape index (κ2) is 5.97. The highest BCUT2D eigenvalue weighted by atomic mass is 16.5. The molecule has 6 heteroatoms. The molecule has 1 aliphatic rings. The van der Waals surface area contributed by atoms with Crippen LogP contribution in [0.5, 0.6) is 0 Å². The summed E-state index contributed by atoms with van der Waals surface area (Å²) in [5.41, 5.74) is 0.560. The highest BCUT2D eigenvalue weighted by molar-refractivity contribution is 5.77. The van der Waals surface area contributed by atoms with Crippen molar-refractivity contribution in [2.75, 3.05) is 25.1 Å². The predicted molar refractivity (Wildman–Crippen MR) is 71.4 cm³/mol. The van der Waals surface area contributed by atoms with E-state index in [0.29, 0.717) is 6.42 Å². The molecule has 1 fully saturated rings. The van der Waals surface area contributed by atoms with Crippen molar-refractivity contribution in [1.82, 2.24) is 9.78 Å². The molecule has 0 spiro atoms. The van der Waals surface area contributed by atoms with Crippen molar-refractivity contribution in [2.45, 2.75) is 32.4 Å². The van der Waals surface area contributed by atoms with E-state index in [-0.39, 0.29) is 24.0 Å². The number of ketones is 1. The van der Waals surface area contributed by atoms with Gasteiger partial charge in [0, 0.05) is 32.7 Å². The van der Waals surface area contributed by atoms with Gasteiger partial charge in [-0.05, 0) is 6.42 Å². The Morgan fingerprint density at radius 3 is 2.95 bits per heavy atom. The van der Waals surface area contributed by atoms with Crippen LogP contribution in [0.3, 0.4) is 0 Å². The third kappa shape index (κ3) is 3.20. The van der Waals surface area contributed by atoms with Crippen LogP contribution in [0.2, 0.25) is 0 Å². The molecule has 1 atom stereocenters. The standard InChI is InChI=1S/C13H19N3O3/c1-3-11(17)8-16-13(18)6-10(7-14-16)15-5-4-12(9-15)19-2/h6-7,12H,3-5,8-9H2,1-2H3. The van der Waals surface area contributed by atoms with Crippen LogP contribution in [0.15, 0.2) is 17.1 Å². The SMILES string of the molecule is CCC(=O)Cn1ncc(N2CCC(OC)C2)cc1=O. The van der Waals surface area contributed by atoms with Crippen LogP contribution in [0.25, 0.3) is 0 Å². The van der Waals surface area contributed by atoms with E-state index < -0.39 is 0 Å². The lowest BCUT2D eigenvalue weighted by molar-refractivity contribution is -0.119. The van der Waals surface area contributed by atoms with E-state index in [2.05, 4.69) is 10.00 Å². The Hall–Kier alpha value is -1.69. The lowest BCUT2D eigenvalue weighted by Crippen LogP contribution is -2.29. The Balaban J connectivity index is 2.11. The van der Waals surface area contributed by atoms with Crippen LogP contribution in [0.4, 0.5) is 5.69 Å². The first-order valence-corrected chi connectivity index (χ1v) is 6.50. The molecule has 0 saturated carbocycles. The second-order valence-electron chi connectivity index (χ2n) is 4.69. The molecule has 1 saturated heterocycles. The molecule has 1 unspecified atom stereocenters. The largest absolute Gasteiger partial charge is 0.380 e. The molecular weight excluding hydrogens is 246 g/mol. The fourth-order valence-electron chi connectivity index (χ4n) is 2.15. The summed E-state index contributed by atoms with van der Waals surface area (Å²) < 4.78 is 6.50. The maximum atomic E-state index is 11.9. The van der Waals surface area contributed by atoms with Gasteiger partial charge in [0.2, 0.25) is 0 Å². The number of Topliss-reactive ketones (excluding diaryl/α,β-unsaturated/α-hetero) is 1. The van der Waals surface area contributed by atoms with Crippen LogP contribution in [-0.2, 0) is 16.1 Å². The zero-order chi connectivity index (χ0) is 13.8. The zero-order valence-electron chi connectivity index (χ0n) is 11.3. The number of methoxy groups -OCH3 is 1. The Morgan fingerprint density at radius 1 is 1.58 bits per heavy atom. The van der Waals surface area contributed by atoms with Gasteiger partial charge < -0.3 is 9.64 Å². The van der Waals surface area contributed by atoms with E-state index in [1.165, 1.54) is 10.7 Å². The van der Waals surface area contributed by atoms with Crippen molar-refractivity contribution in [2.24, 2.45) is 0 Å². The average Bonchev–Trinajstić information content (AvgIpc) is 2.89. The van der Waals surface area contributed by atoms with Crippen LogP contribution < -0.4 is 10.5 Å². The van der Waals surface area contributed by atoms with Gasteiger partial charge in [0.05, 0.1) is 18.0 Å². The molecule has 2 rings (SSSR count). The van der Waals surface area contributed by atoms with Gasteiger partial charge in [0.1, 0.15) is 6.54 Å². The fraction of sp³-hybridized carbons (Fsp3) is 0.615. The lowest BCUT2D eigenvalue weighted by atomic mass is 10.3. The summed E-state index contributed by atoms with van der Waals surface area (Å²) in [6.07, 6.45) is 3.22. The zero-order valence-corrected chi connectivity index (χ0v) is 11.3. The summed E-state index contributed by atoms with van der Waals surface area (Å²) in [5.74, 6) is 0.00275. The highest BCUT2D eigenvalue weighted by Gasteiger charge is 2.22. The molecule has 0 aliphatic carbocycles. The normalized spacial score (nSPS) is 18.8. The third-order valence-electron chi connectivity index (χ3n) is 3.42. The Bertz CT molecular complexity index is 512. The molecule has 0 amide bonds. The topological polar surface area (TPSA) is 64.4 Å². The summed E-state index contributed by atoms with van der Waals surface area (Å²) in [5, 5.41) is 4.06. The van der Waals surface area contributed by atoms with Crippen LogP contribution in [0, 0.1) is 0 Å². The lowest BCUT2D eigenvalue weighted by Gasteiger charge is -2.17. The molecule has 2 heterocycles. The molecular formula is C13H19N3O3. The number of ether oxygens (including phenoxy) is 1. The first-order chi connectivity index (χ1) is 9.13. The molecule has 6 nitrogen and oxygen atoms in total. The third-order valence-corrected chi connectivity index (χ3v) is 3.42. The van der Waals surface area contributed by atoms with Gasteiger partial charge in [0.25, 0.3) is 5.56 Å². The maximum Gasteiger partial charge on any atom is 0.269 e. The first kappa shape index (κ1) is 13.7. The minimum atomic E-state index is -0.236. The van der Waals surface area contributed by atoms with Gasteiger partial charge >= 0.3 is 0 Å². The summed E-state index contributed by atoms with van der Waals surface area (Å²) in [6, 6.07) is 1.54. The minimum absolute atomic E-state index is 0.00275. The molecule has 0 radical (unpaired) electrons. The average molecular weight is 265 g/mol. The van der Waals surface area contributed by atoms with E-state index in [1.807, 2.05) is 0 Å². The number of carbonyl (C=O) groups is 1. The summed E-state index contributed by atoms with van der Waals surface area (Å²) in [6.45, 7) is 3.46. The van der Waals surface area contributed by atoms with Crippen molar-refractivity contribution in [1.29, 1.82) is 0 Å². The van der Waals surface area contributed by atoms with Gasteiger partial charge in [-0.3, -0.25) is 9.59 Å². The smallest absolute Gasteiger partial charge is 0.269 e. The molecule has 0 N–H and O–H groups in total. The van der Waals surface area contributed by atoms with Crippen molar-refractivity contribution in [3.8, 4) is 0 Å². The van der Waals surface area contributed by atoms with Crippen LogP contribution in [0.1, 0.15) is 19.8 Å². The van der Waals surface area contributed by atoms with E-state index in [9.17, 15) is 9.59 Å². The molecule has 1 aromatic heterocycles. The number of nitrogens with zero attached hydrogens (tertiary/aromatic N) is 3. The van der Waals surface area contributed by atoms with Gasteiger partial charge in [-0.2, -0.15) is 5.10 Å². The van der Waals surface area contributed by atoms with Crippen LogP contribution >= 0.6 is 0 Å². The molecule has 104 valence electrons. The number of hydrogen-bond donors (Lipinski definition) is 0. The second-order valence-corrected chi connectivity index (χ2v) is 4.69. The molecule has 0 aromatic carbocycles. The van der Waals surface area contributed by atoms with Crippen molar-refractivity contribution in [3.05, 3.63) is 22.6 Å². The van der Waals surface area contributed by atoms with Gasteiger partial charge in [0.15, 0.2) is 5.78 Å². The molecule has 1 aromatic rings. The van der Waals surface area contributed by atoms with Crippen LogP contribution in [-0.4, -0.2) is 41.9 Å². The van der Waals surface area contributed by atoms with Gasteiger partial charge in [-0.25, -0.2) is 4.68 Å². The highest BCUT2D eigenvalue weighted by Crippen LogP contribution is 2.19. The van der Waals surface area contributed by atoms with E-state index in [4.69, 9.17) is 4.74 Å². The van der Waals surface area contributed by atoms with Crippen molar-refractivity contribution >= 4 is 11.5 Å². The predicted octanol–water partition coefficient (Wildman–Crippen LogP) is 0.447. The Morgan fingerprint density at radius 2 is 2.37 bits per heavy atom. The van der Waals surface area contributed by atoms with Crippen molar-refractivity contribution in [3.63, 3.8) is 0 Å². The van der Waals surface area contributed by atoms with Gasteiger partial charge in [-0.15, -0.1) is 0 Å². The van der Waals surface area contributed by atoms with E-state index >= 15 is 0 Å². The quantitative estimate of drug-likeness (QED) is 0.773. The summed E-state index contributed by atoms with van der Waals surface area (Å²) >= 11 is 0. The monoisotopic (exact) mass is 265 g/mol. The van der Waals surface area contributed by atoms with E-state index in [0.717, 1.165) is 25.2 Å². The maximum absolute atomic E-state index is 11.9. The summed E-state index contributed by atoms with van der Waals surface area (Å²) in [4.78, 5) is 25.3. The van der Waals surface area contributed by atoms with E-state index in [1.54, 1.807) is 20.2 Å². The van der Waals surface area contributed by atoms with Gasteiger partial charge in [-0.1, -0.05) is 6.92 Å². The fourth-order valence-corrected chi connectivity index (χ4v) is 2.15. The molecule has 0 bridgehead atoms. The Kier molecular flexibility index (Phi) is 4.31. The molecule has 19 heavy (non-hydrogen) atoms. The van der Waals surface area contributed by atoms with Crippen molar-refractivity contribution < 1.29 is 9.53 Å². The molecule has 1 aliphatic heterocycles. The first-order valence-electron chi connectivity index (χ1n) is 6.50. The Labute approximate surface area is 112 Å². The number of rotatable bonds is 5. The number of carbonyl (C=O) groups excluding carboxylic acids is 1. The number of anilines is 1. The minimum Gasteiger partial charge on any atom is -0.380 e. The summed E-state index contributed by atoms with van der Waals surface area (Å²) in [7, 11) is 1.70.